The van der Waals surface area contributed by atoms with Gasteiger partial charge in [0.2, 0.25) is 0 Å². The van der Waals surface area contributed by atoms with Gasteiger partial charge in [-0.1, -0.05) is 13.8 Å². The summed E-state index contributed by atoms with van der Waals surface area (Å²) in [4.78, 5) is 24.5. The summed E-state index contributed by atoms with van der Waals surface area (Å²) in [6.45, 7) is 8.75. The van der Waals surface area contributed by atoms with Gasteiger partial charge >= 0.3 is 0 Å². The largest absolute Gasteiger partial charge is 0.492 e. The maximum absolute atomic E-state index is 12.5. The summed E-state index contributed by atoms with van der Waals surface area (Å²) < 4.78 is 6.49. The first-order chi connectivity index (χ1) is 13.3. The van der Waals surface area contributed by atoms with Gasteiger partial charge in [-0.15, -0.1) is 0 Å². The number of ether oxygens (including phenoxy) is 1. The minimum Gasteiger partial charge on any atom is -0.492 e. The van der Waals surface area contributed by atoms with Crippen LogP contribution in [0.5, 0.6) is 5.75 Å². The zero-order chi connectivity index (χ0) is 20.7. The predicted octanol–water partition coefficient (Wildman–Crippen LogP) is 5.26. The Hall–Kier alpha value is -2.34. The van der Waals surface area contributed by atoms with Gasteiger partial charge < -0.3 is 15.4 Å². The standard InChI is InChI=1S/C22H27BrN2O3/c1-14(2)11-12-28-20-10-7-17(13-19(20)23)22(27)25-18-8-5-16(6-9-18)21(26)24-15(3)4/h5-10,13-15H,11-12H2,1-4H3,(H,24,26)(H,25,27). The Morgan fingerprint density at radius 1 is 0.964 bits per heavy atom. The highest BCUT2D eigenvalue weighted by Crippen LogP contribution is 2.27. The van der Waals surface area contributed by atoms with Crippen LogP contribution in [-0.4, -0.2) is 24.5 Å². The van der Waals surface area contributed by atoms with Crippen LogP contribution in [0.2, 0.25) is 0 Å². The van der Waals surface area contributed by atoms with Crippen molar-refractivity contribution in [2.75, 3.05) is 11.9 Å². The lowest BCUT2D eigenvalue weighted by Crippen LogP contribution is -2.30. The zero-order valence-electron chi connectivity index (χ0n) is 16.7. The third kappa shape index (κ3) is 6.68. The maximum Gasteiger partial charge on any atom is 0.255 e. The van der Waals surface area contributed by atoms with Gasteiger partial charge in [-0.2, -0.15) is 0 Å². The van der Waals surface area contributed by atoms with Crippen molar-refractivity contribution in [2.24, 2.45) is 5.92 Å². The van der Waals surface area contributed by atoms with Gasteiger partial charge in [-0.05, 0) is 84.6 Å². The molecule has 0 aromatic heterocycles. The van der Waals surface area contributed by atoms with E-state index in [0.29, 0.717) is 29.3 Å². The van der Waals surface area contributed by atoms with Crippen LogP contribution in [0.25, 0.3) is 0 Å². The molecule has 0 bridgehead atoms. The van der Waals surface area contributed by atoms with Gasteiger partial charge in [0.1, 0.15) is 5.75 Å². The van der Waals surface area contributed by atoms with Crippen LogP contribution in [0.1, 0.15) is 54.8 Å². The predicted molar refractivity (Wildman–Crippen MR) is 116 cm³/mol. The highest BCUT2D eigenvalue weighted by Gasteiger charge is 2.11. The molecule has 5 nitrogen and oxygen atoms in total. The lowest BCUT2D eigenvalue weighted by atomic mass is 10.1. The van der Waals surface area contributed by atoms with Crippen LogP contribution >= 0.6 is 15.9 Å². The molecule has 0 fully saturated rings. The van der Waals surface area contributed by atoms with Gasteiger partial charge in [-0.25, -0.2) is 0 Å². The zero-order valence-corrected chi connectivity index (χ0v) is 18.3. The first kappa shape index (κ1) is 22.0. The van der Waals surface area contributed by atoms with Crippen molar-refractivity contribution < 1.29 is 14.3 Å². The minimum atomic E-state index is -0.228. The number of amides is 2. The first-order valence-electron chi connectivity index (χ1n) is 9.41. The molecule has 0 saturated heterocycles. The van der Waals surface area contributed by atoms with E-state index in [0.717, 1.165) is 16.6 Å². The monoisotopic (exact) mass is 446 g/mol. The Morgan fingerprint density at radius 2 is 1.61 bits per heavy atom. The second-order valence-electron chi connectivity index (χ2n) is 7.34. The lowest BCUT2D eigenvalue weighted by molar-refractivity contribution is 0.0942. The van der Waals surface area contributed by atoms with Gasteiger partial charge in [0.15, 0.2) is 0 Å². The van der Waals surface area contributed by atoms with Crippen LogP contribution in [0.15, 0.2) is 46.9 Å². The van der Waals surface area contributed by atoms with Crippen molar-refractivity contribution in [3.8, 4) is 5.75 Å². The molecule has 2 N–H and O–H groups in total. The molecular formula is C22H27BrN2O3. The summed E-state index contributed by atoms with van der Waals surface area (Å²) in [5.74, 6) is 0.933. The average Bonchev–Trinajstić information content (AvgIpc) is 2.62. The van der Waals surface area contributed by atoms with Gasteiger partial charge in [-0.3, -0.25) is 9.59 Å². The third-order valence-electron chi connectivity index (χ3n) is 3.97. The van der Waals surface area contributed by atoms with E-state index in [4.69, 9.17) is 4.74 Å². The molecule has 0 saturated carbocycles. The normalized spacial score (nSPS) is 10.8. The third-order valence-corrected chi connectivity index (χ3v) is 4.59. The van der Waals surface area contributed by atoms with Crippen molar-refractivity contribution >= 4 is 33.4 Å². The summed E-state index contributed by atoms with van der Waals surface area (Å²) in [5.41, 5.74) is 1.70. The fourth-order valence-electron chi connectivity index (χ4n) is 2.42. The van der Waals surface area contributed by atoms with E-state index < -0.39 is 0 Å². The second-order valence-corrected chi connectivity index (χ2v) is 8.19. The Labute approximate surface area is 175 Å². The van der Waals surface area contributed by atoms with Gasteiger partial charge in [0.25, 0.3) is 11.8 Å². The molecule has 2 amide bonds. The molecule has 0 heterocycles. The molecule has 2 aromatic carbocycles. The molecule has 0 aliphatic heterocycles. The maximum atomic E-state index is 12.5. The summed E-state index contributed by atoms with van der Waals surface area (Å²) in [6.07, 6.45) is 0.972. The number of hydrogen-bond donors (Lipinski definition) is 2. The fraction of sp³-hybridized carbons (Fsp3) is 0.364. The molecule has 0 aliphatic rings. The van der Waals surface area contributed by atoms with E-state index in [1.54, 1.807) is 42.5 Å². The molecule has 0 unspecified atom stereocenters. The molecule has 0 atom stereocenters. The van der Waals surface area contributed by atoms with Crippen LogP contribution in [-0.2, 0) is 0 Å². The van der Waals surface area contributed by atoms with E-state index in [-0.39, 0.29) is 17.9 Å². The quantitative estimate of drug-likeness (QED) is 0.580. The number of carbonyl (C=O) groups is 2. The summed E-state index contributed by atoms with van der Waals surface area (Å²) in [6, 6.07) is 12.1. The smallest absolute Gasteiger partial charge is 0.255 e. The van der Waals surface area contributed by atoms with Gasteiger partial charge in [0, 0.05) is 22.9 Å². The molecule has 2 aromatic rings. The molecule has 6 heteroatoms. The molecule has 0 spiro atoms. The Bertz CT molecular complexity index is 817. The molecule has 28 heavy (non-hydrogen) atoms. The highest BCUT2D eigenvalue weighted by atomic mass is 79.9. The number of carbonyl (C=O) groups excluding carboxylic acids is 2. The van der Waals surface area contributed by atoms with E-state index in [1.165, 1.54) is 0 Å². The molecule has 2 rings (SSSR count). The number of halogens is 1. The minimum absolute atomic E-state index is 0.0719. The molecule has 0 radical (unpaired) electrons. The number of hydrogen-bond acceptors (Lipinski definition) is 3. The summed E-state index contributed by atoms with van der Waals surface area (Å²) in [5, 5.41) is 5.67. The Morgan fingerprint density at radius 3 is 2.18 bits per heavy atom. The summed E-state index contributed by atoms with van der Waals surface area (Å²) in [7, 11) is 0. The topological polar surface area (TPSA) is 67.4 Å². The van der Waals surface area contributed by atoms with E-state index in [1.807, 2.05) is 13.8 Å². The SMILES string of the molecule is CC(C)CCOc1ccc(C(=O)Nc2ccc(C(=O)NC(C)C)cc2)cc1Br. The highest BCUT2D eigenvalue weighted by molar-refractivity contribution is 9.10. The fourth-order valence-corrected chi connectivity index (χ4v) is 2.91. The van der Waals surface area contributed by atoms with Gasteiger partial charge in [0.05, 0.1) is 11.1 Å². The number of benzene rings is 2. The summed E-state index contributed by atoms with van der Waals surface area (Å²) >= 11 is 3.46. The molecule has 0 aliphatic carbocycles. The second kappa shape index (κ2) is 10.3. The van der Waals surface area contributed by atoms with Crippen LogP contribution < -0.4 is 15.4 Å². The van der Waals surface area contributed by atoms with E-state index in [9.17, 15) is 9.59 Å². The molecular weight excluding hydrogens is 420 g/mol. The lowest BCUT2D eigenvalue weighted by Gasteiger charge is -2.12. The van der Waals surface area contributed by atoms with E-state index >= 15 is 0 Å². The number of anilines is 1. The number of rotatable bonds is 8. The van der Waals surface area contributed by atoms with Crippen molar-refractivity contribution in [1.29, 1.82) is 0 Å². The Balaban J connectivity index is 1.98. The van der Waals surface area contributed by atoms with Crippen LogP contribution in [0.3, 0.4) is 0 Å². The average molecular weight is 447 g/mol. The number of nitrogens with one attached hydrogen (secondary N) is 2. The van der Waals surface area contributed by atoms with Crippen molar-refractivity contribution in [3.05, 3.63) is 58.1 Å². The van der Waals surface area contributed by atoms with Crippen molar-refractivity contribution in [2.45, 2.75) is 40.2 Å². The van der Waals surface area contributed by atoms with Crippen LogP contribution in [0, 0.1) is 5.92 Å². The molecule has 150 valence electrons. The van der Waals surface area contributed by atoms with Crippen molar-refractivity contribution in [1.82, 2.24) is 5.32 Å². The van der Waals surface area contributed by atoms with Crippen molar-refractivity contribution in [3.63, 3.8) is 0 Å². The van der Waals surface area contributed by atoms with Crippen LogP contribution in [0.4, 0.5) is 5.69 Å². The first-order valence-corrected chi connectivity index (χ1v) is 10.2. The Kier molecular flexibility index (Phi) is 8.05. The van der Waals surface area contributed by atoms with E-state index in [2.05, 4.69) is 40.4 Å².